The normalized spacial score (nSPS) is 10.1. The van der Waals surface area contributed by atoms with Crippen LogP contribution in [0.25, 0.3) is 0 Å². The van der Waals surface area contributed by atoms with Crippen LogP contribution in [0.4, 0.5) is 10.1 Å². The Morgan fingerprint density at radius 2 is 2.05 bits per heavy atom. The van der Waals surface area contributed by atoms with Crippen LogP contribution in [0.5, 0.6) is 5.75 Å². The molecule has 0 radical (unpaired) electrons. The van der Waals surface area contributed by atoms with Gasteiger partial charge in [-0.15, -0.1) is 0 Å². The number of para-hydroxylation sites is 1. The molecule has 0 spiro atoms. The minimum atomic E-state index is -0.233. The van der Waals surface area contributed by atoms with E-state index in [9.17, 15) is 4.39 Å². The van der Waals surface area contributed by atoms with Crippen LogP contribution in [0.15, 0.2) is 55.1 Å². The van der Waals surface area contributed by atoms with Crippen molar-refractivity contribution in [1.29, 1.82) is 0 Å². The number of halogens is 1. The Hall–Kier alpha value is -2.29. The van der Waals surface area contributed by atoms with Crippen LogP contribution in [-0.2, 0) is 6.54 Å². The van der Waals surface area contributed by atoms with E-state index < -0.39 is 0 Å². The Labute approximate surface area is 118 Å². The summed E-state index contributed by atoms with van der Waals surface area (Å²) in [5, 5.41) is 3.21. The molecule has 0 saturated carbocycles. The zero-order valence-corrected chi connectivity index (χ0v) is 11.5. The van der Waals surface area contributed by atoms with Crippen molar-refractivity contribution in [3.8, 4) is 5.75 Å². The van der Waals surface area contributed by atoms with Gasteiger partial charge in [-0.1, -0.05) is 30.9 Å². The third kappa shape index (κ3) is 3.85. The Morgan fingerprint density at radius 3 is 2.80 bits per heavy atom. The largest absolute Gasteiger partial charge is 0.489 e. The highest BCUT2D eigenvalue weighted by molar-refractivity contribution is 5.47. The maximum Gasteiger partial charge on any atom is 0.125 e. The Kier molecular flexibility index (Phi) is 4.77. The molecule has 3 heteroatoms. The van der Waals surface area contributed by atoms with E-state index in [1.807, 2.05) is 37.3 Å². The second-order valence-electron chi connectivity index (χ2n) is 4.58. The fourth-order valence-electron chi connectivity index (χ4n) is 1.98. The van der Waals surface area contributed by atoms with Gasteiger partial charge in [-0.2, -0.15) is 0 Å². The summed E-state index contributed by atoms with van der Waals surface area (Å²) >= 11 is 0. The number of anilines is 1. The van der Waals surface area contributed by atoms with Crippen LogP contribution in [-0.4, -0.2) is 6.61 Å². The topological polar surface area (TPSA) is 21.3 Å². The third-order valence-electron chi connectivity index (χ3n) is 2.85. The average molecular weight is 271 g/mol. The van der Waals surface area contributed by atoms with E-state index in [1.54, 1.807) is 6.08 Å². The van der Waals surface area contributed by atoms with Crippen molar-refractivity contribution in [3.63, 3.8) is 0 Å². The summed E-state index contributed by atoms with van der Waals surface area (Å²) in [6, 6.07) is 12.7. The second kappa shape index (κ2) is 6.75. The smallest absolute Gasteiger partial charge is 0.125 e. The SMILES string of the molecule is C=CCOc1ccccc1CNc1cc(C)cc(F)c1. The lowest BCUT2D eigenvalue weighted by Gasteiger charge is -2.12. The lowest BCUT2D eigenvalue weighted by atomic mass is 10.1. The monoisotopic (exact) mass is 271 g/mol. The molecule has 2 rings (SSSR count). The molecule has 0 aliphatic heterocycles. The molecule has 0 amide bonds. The van der Waals surface area contributed by atoms with Gasteiger partial charge in [0.15, 0.2) is 0 Å². The summed E-state index contributed by atoms with van der Waals surface area (Å²) < 4.78 is 18.9. The average Bonchev–Trinajstić information content (AvgIpc) is 2.43. The fraction of sp³-hybridized carbons (Fsp3) is 0.176. The molecule has 2 nitrogen and oxygen atoms in total. The number of nitrogens with one attached hydrogen (secondary N) is 1. The van der Waals surface area contributed by atoms with E-state index in [-0.39, 0.29) is 5.82 Å². The van der Waals surface area contributed by atoms with Gasteiger partial charge in [0, 0.05) is 17.8 Å². The van der Waals surface area contributed by atoms with Gasteiger partial charge >= 0.3 is 0 Å². The number of ether oxygens (including phenoxy) is 1. The summed E-state index contributed by atoms with van der Waals surface area (Å²) in [5.41, 5.74) is 2.68. The first-order valence-electron chi connectivity index (χ1n) is 6.51. The lowest BCUT2D eigenvalue weighted by molar-refractivity contribution is 0.359. The highest BCUT2D eigenvalue weighted by Crippen LogP contribution is 2.20. The van der Waals surface area contributed by atoms with Gasteiger partial charge in [0.1, 0.15) is 18.2 Å². The summed E-state index contributed by atoms with van der Waals surface area (Å²) in [4.78, 5) is 0. The maximum atomic E-state index is 13.3. The molecule has 0 fully saturated rings. The molecule has 0 unspecified atom stereocenters. The number of rotatable bonds is 6. The van der Waals surface area contributed by atoms with Gasteiger partial charge in [0.05, 0.1) is 0 Å². The predicted molar refractivity (Wildman–Crippen MR) is 80.6 cm³/mol. The zero-order chi connectivity index (χ0) is 14.4. The van der Waals surface area contributed by atoms with E-state index in [1.165, 1.54) is 12.1 Å². The van der Waals surface area contributed by atoms with Crippen molar-refractivity contribution in [3.05, 3.63) is 72.1 Å². The van der Waals surface area contributed by atoms with Crippen LogP contribution in [0, 0.1) is 12.7 Å². The molecule has 0 heterocycles. The number of hydrogen-bond donors (Lipinski definition) is 1. The van der Waals surface area contributed by atoms with Crippen LogP contribution in [0.1, 0.15) is 11.1 Å². The number of benzene rings is 2. The van der Waals surface area contributed by atoms with Gasteiger partial charge < -0.3 is 10.1 Å². The molecule has 0 atom stereocenters. The molecule has 2 aromatic carbocycles. The van der Waals surface area contributed by atoms with E-state index in [0.29, 0.717) is 13.2 Å². The second-order valence-corrected chi connectivity index (χ2v) is 4.58. The molecule has 0 aromatic heterocycles. The lowest BCUT2D eigenvalue weighted by Crippen LogP contribution is -2.03. The zero-order valence-electron chi connectivity index (χ0n) is 11.5. The molecule has 0 aliphatic rings. The van der Waals surface area contributed by atoms with Crippen LogP contribution >= 0.6 is 0 Å². The fourth-order valence-corrected chi connectivity index (χ4v) is 1.98. The molecule has 104 valence electrons. The van der Waals surface area contributed by atoms with Crippen LogP contribution in [0.3, 0.4) is 0 Å². The first kappa shape index (κ1) is 14.1. The predicted octanol–water partition coefficient (Wildman–Crippen LogP) is 4.31. The first-order valence-corrected chi connectivity index (χ1v) is 6.51. The molecule has 0 bridgehead atoms. The van der Waals surface area contributed by atoms with E-state index in [0.717, 1.165) is 22.6 Å². The van der Waals surface area contributed by atoms with Crippen LogP contribution in [0.2, 0.25) is 0 Å². The highest BCUT2D eigenvalue weighted by atomic mass is 19.1. The molecule has 2 aromatic rings. The van der Waals surface area contributed by atoms with Crippen molar-refractivity contribution in [2.45, 2.75) is 13.5 Å². The molecule has 20 heavy (non-hydrogen) atoms. The number of aryl methyl sites for hydroxylation is 1. The molecule has 0 aliphatic carbocycles. The standard InChI is InChI=1S/C17H18FNO/c1-3-8-20-17-7-5-4-6-14(17)12-19-16-10-13(2)9-15(18)11-16/h3-7,9-11,19H,1,8,12H2,2H3. The summed E-state index contributed by atoms with van der Waals surface area (Å²) in [5.74, 6) is 0.580. The molecule has 1 N–H and O–H groups in total. The Bertz CT molecular complexity index is 575. The van der Waals surface area contributed by atoms with Gasteiger partial charge in [0.2, 0.25) is 0 Å². The van der Waals surface area contributed by atoms with E-state index in [4.69, 9.17) is 4.74 Å². The van der Waals surface area contributed by atoms with Crippen LogP contribution < -0.4 is 10.1 Å². The first-order chi connectivity index (χ1) is 9.69. The minimum absolute atomic E-state index is 0.233. The Morgan fingerprint density at radius 1 is 1.25 bits per heavy atom. The van der Waals surface area contributed by atoms with Crippen molar-refractivity contribution >= 4 is 5.69 Å². The third-order valence-corrected chi connectivity index (χ3v) is 2.85. The molecular formula is C17H18FNO. The van der Waals surface area contributed by atoms with Crippen molar-refractivity contribution in [2.75, 3.05) is 11.9 Å². The quantitative estimate of drug-likeness (QED) is 0.790. The van der Waals surface area contributed by atoms with Crippen molar-refractivity contribution in [2.24, 2.45) is 0 Å². The van der Waals surface area contributed by atoms with Gasteiger partial charge in [-0.3, -0.25) is 0 Å². The van der Waals surface area contributed by atoms with Crippen molar-refractivity contribution < 1.29 is 9.13 Å². The Balaban J connectivity index is 2.08. The molecular weight excluding hydrogens is 253 g/mol. The van der Waals surface area contributed by atoms with E-state index in [2.05, 4.69) is 11.9 Å². The maximum absolute atomic E-state index is 13.3. The highest BCUT2D eigenvalue weighted by Gasteiger charge is 2.03. The van der Waals surface area contributed by atoms with Gasteiger partial charge in [-0.05, 0) is 36.8 Å². The summed E-state index contributed by atoms with van der Waals surface area (Å²) in [6.45, 7) is 6.55. The minimum Gasteiger partial charge on any atom is -0.489 e. The van der Waals surface area contributed by atoms with E-state index >= 15 is 0 Å². The molecule has 0 saturated heterocycles. The summed E-state index contributed by atoms with van der Waals surface area (Å²) in [7, 11) is 0. The van der Waals surface area contributed by atoms with Gasteiger partial charge in [0.25, 0.3) is 0 Å². The van der Waals surface area contributed by atoms with Gasteiger partial charge in [-0.25, -0.2) is 4.39 Å². The van der Waals surface area contributed by atoms with Crippen molar-refractivity contribution in [1.82, 2.24) is 0 Å². The summed E-state index contributed by atoms with van der Waals surface area (Å²) in [6.07, 6.45) is 1.71. The number of hydrogen-bond acceptors (Lipinski definition) is 2.